The normalized spacial score (nSPS) is 17.6. The molecule has 2 aromatic carbocycles. The van der Waals surface area contributed by atoms with Gasteiger partial charge in [-0.15, -0.1) is 0 Å². The van der Waals surface area contributed by atoms with E-state index >= 15 is 4.39 Å². The van der Waals surface area contributed by atoms with Crippen LogP contribution < -0.4 is 14.8 Å². The fourth-order valence-electron chi connectivity index (χ4n) is 4.97. The Morgan fingerprint density at radius 2 is 1.80 bits per heavy atom. The monoisotopic (exact) mass is 584 g/mol. The van der Waals surface area contributed by atoms with Crippen LogP contribution in [0.2, 0.25) is 5.02 Å². The van der Waals surface area contributed by atoms with Crippen molar-refractivity contribution in [3.63, 3.8) is 0 Å². The van der Waals surface area contributed by atoms with Crippen molar-refractivity contribution in [1.82, 2.24) is 19.9 Å². The molecular formula is C28H30ClFN6O3S. The number of fused-ring (bicyclic) bond motifs is 1. The number of nitrogens with one attached hydrogen (secondary N) is 2. The van der Waals surface area contributed by atoms with Crippen LogP contribution in [-0.2, 0) is 10.0 Å². The largest absolute Gasteiger partial charge is 0.480 e. The second-order valence-electron chi connectivity index (χ2n) is 9.99. The van der Waals surface area contributed by atoms with Crippen LogP contribution in [0.3, 0.4) is 0 Å². The molecule has 210 valence electrons. The molecule has 0 radical (unpaired) electrons. The summed E-state index contributed by atoms with van der Waals surface area (Å²) in [5.74, 6) is 0.0350. The van der Waals surface area contributed by atoms with Gasteiger partial charge in [-0.3, -0.25) is 4.72 Å². The maximum atomic E-state index is 15.3. The molecule has 1 fully saturated rings. The highest BCUT2D eigenvalue weighted by Crippen LogP contribution is 2.34. The van der Waals surface area contributed by atoms with E-state index in [-0.39, 0.29) is 33.2 Å². The van der Waals surface area contributed by atoms with E-state index in [0.717, 1.165) is 25.7 Å². The Morgan fingerprint density at radius 1 is 1.05 bits per heavy atom. The zero-order valence-corrected chi connectivity index (χ0v) is 23.9. The van der Waals surface area contributed by atoms with Gasteiger partial charge in [0.2, 0.25) is 11.8 Å². The molecule has 2 heterocycles. The van der Waals surface area contributed by atoms with Gasteiger partial charge in [-0.05, 0) is 81.7 Å². The lowest BCUT2D eigenvalue weighted by molar-refractivity contribution is 0.221. The molecule has 2 N–H and O–H groups in total. The summed E-state index contributed by atoms with van der Waals surface area (Å²) in [7, 11) is 1.62. The minimum Gasteiger partial charge on any atom is -0.480 e. The quantitative estimate of drug-likeness (QED) is 0.276. The molecule has 0 amide bonds. The summed E-state index contributed by atoms with van der Waals surface area (Å²) in [6.45, 7) is 0. The molecule has 12 heteroatoms. The van der Waals surface area contributed by atoms with Crippen LogP contribution >= 0.6 is 11.6 Å². The number of hydrogen-bond acceptors (Lipinski definition) is 8. The Morgan fingerprint density at radius 3 is 2.50 bits per heavy atom. The van der Waals surface area contributed by atoms with Crippen molar-refractivity contribution in [2.75, 3.05) is 31.2 Å². The lowest BCUT2D eigenvalue weighted by Gasteiger charge is -2.32. The number of pyridine rings is 1. The predicted octanol–water partition coefficient (Wildman–Crippen LogP) is 5.58. The Labute approximate surface area is 237 Å². The molecule has 4 aromatic rings. The molecule has 9 nitrogen and oxygen atoms in total. The summed E-state index contributed by atoms with van der Waals surface area (Å²) in [4.78, 5) is 15.4. The van der Waals surface area contributed by atoms with Crippen LogP contribution in [0, 0.1) is 5.82 Å². The number of hydrogen-bond donors (Lipinski definition) is 2. The average Bonchev–Trinajstić information content (AvgIpc) is 2.93. The van der Waals surface area contributed by atoms with Crippen molar-refractivity contribution < 1.29 is 17.5 Å². The maximum Gasteiger partial charge on any atom is 0.264 e. The zero-order chi connectivity index (χ0) is 28.4. The van der Waals surface area contributed by atoms with Gasteiger partial charge in [0.15, 0.2) is 0 Å². The highest BCUT2D eigenvalue weighted by molar-refractivity contribution is 7.92. The number of sulfonamides is 1. The number of methoxy groups -OCH3 is 1. The number of rotatable bonds is 8. The van der Waals surface area contributed by atoms with E-state index in [0.29, 0.717) is 28.5 Å². The second-order valence-corrected chi connectivity index (χ2v) is 12.1. The van der Waals surface area contributed by atoms with E-state index in [9.17, 15) is 8.42 Å². The summed E-state index contributed by atoms with van der Waals surface area (Å²) in [5.41, 5.74) is 1.17. The SMILES string of the molecule is COc1nc(NS(=O)(=O)c2ccccc2Cl)ccc1-c1cc(F)c2nc(N[C@H]3CC[C@H](N(C)C)CC3)ncc2c1. The van der Waals surface area contributed by atoms with Gasteiger partial charge >= 0.3 is 0 Å². The molecule has 40 heavy (non-hydrogen) atoms. The van der Waals surface area contributed by atoms with E-state index in [1.54, 1.807) is 30.5 Å². The van der Waals surface area contributed by atoms with Gasteiger partial charge in [-0.25, -0.2) is 22.8 Å². The standard InChI is InChI=1S/C28H30ClFN6O3S/c1-36(2)20-10-8-19(9-11-20)32-28-31-16-18-14-17(15-23(30)26(18)34-28)21-12-13-25(33-27(21)39-3)35-40(37,38)24-7-5-4-6-22(24)29/h4-7,12-16,19-20H,8-11H2,1-3H3,(H,33,35)(H,31,32,34)/t19-,20-. The molecule has 1 saturated carbocycles. The number of anilines is 2. The van der Waals surface area contributed by atoms with E-state index in [2.05, 4.69) is 44.0 Å². The average molecular weight is 585 g/mol. The zero-order valence-electron chi connectivity index (χ0n) is 22.4. The molecule has 0 unspecified atom stereocenters. The predicted molar refractivity (Wildman–Crippen MR) is 155 cm³/mol. The maximum absolute atomic E-state index is 15.3. The molecule has 1 aliphatic carbocycles. The van der Waals surface area contributed by atoms with Gasteiger partial charge in [0.25, 0.3) is 10.0 Å². The van der Waals surface area contributed by atoms with Crippen LogP contribution in [0.25, 0.3) is 22.0 Å². The molecule has 0 saturated heterocycles. The van der Waals surface area contributed by atoms with E-state index in [4.69, 9.17) is 16.3 Å². The summed E-state index contributed by atoms with van der Waals surface area (Å²) < 4.78 is 48.8. The van der Waals surface area contributed by atoms with Gasteiger partial charge < -0.3 is 15.0 Å². The third-order valence-electron chi connectivity index (χ3n) is 7.13. The summed E-state index contributed by atoms with van der Waals surface area (Å²) in [6, 6.07) is 13.1. The first-order valence-electron chi connectivity index (χ1n) is 12.9. The van der Waals surface area contributed by atoms with Crippen molar-refractivity contribution in [1.29, 1.82) is 0 Å². The molecule has 0 spiro atoms. The topological polar surface area (TPSA) is 109 Å². The van der Waals surface area contributed by atoms with Gasteiger partial charge in [0, 0.05) is 29.2 Å². The second kappa shape index (κ2) is 11.5. The van der Waals surface area contributed by atoms with Gasteiger partial charge in [-0.2, -0.15) is 4.98 Å². The number of aromatic nitrogens is 3. The lowest BCUT2D eigenvalue weighted by atomic mass is 9.91. The lowest BCUT2D eigenvalue weighted by Crippen LogP contribution is -2.36. The molecular weight excluding hydrogens is 555 g/mol. The number of halogens is 2. The van der Waals surface area contributed by atoms with Crippen molar-refractivity contribution in [2.45, 2.75) is 42.7 Å². The Balaban J connectivity index is 1.37. The van der Waals surface area contributed by atoms with Gasteiger partial charge in [0.05, 0.1) is 12.1 Å². The summed E-state index contributed by atoms with van der Waals surface area (Å²) in [5, 5.41) is 3.96. The molecule has 2 aromatic heterocycles. The number of benzene rings is 2. The fraction of sp³-hybridized carbons (Fsp3) is 0.321. The van der Waals surface area contributed by atoms with Crippen LogP contribution in [0.4, 0.5) is 16.2 Å². The van der Waals surface area contributed by atoms with Crippen molar-refractivity contribution in [3.05, 3.63) is 65.6 Å². The minimum absolute atomic E-state index is 0.0282. The van der Waals surface area contributed by atoms with Crippen molar-refractivity contribution in [3.8, 4) is 17.0 Å². The Bertz CT molecular complexity index is 1640. The molecule has 0 atom stereocenters. The van der Waals surface area contributed by atoms with Crippen LogP contribution in [0.1, 0.15) is 25.7 Å². The van der Waals surface area contributed by atoms with Crippen molar-refractivity contribution in [2.24, 2.45) is 0 Å². The summed E-state index contributed by atoms with van der Waals surface area (Å²) >= 11 is 6.06. The van der Waals surface area contributed by atoms with Crippen LogP contribution in [0.15, 0.2) is 59.6 Å². The molecule has 5 rings (SSSR count). The van der Waals surface area contributed by atoms with Crippen LogP contribution in [0.5, 0.6) is 5.88 Å². The van der Waals surface area contributed by atoms with Gasteiger partial charge in [0.1, 0.15) is 22.0 Å². The molecule has 0 aliphatic heterocycles. The molecule has 1 aliphatic rings. The van der Waals surface area contributed by atoms with Crippen LogP contribution in [-0.4, -0.2) is 61.6 Å². The third-order valence-corrected chi connectivity index (χ3v) is 8.98. The highest BCUT2D eigenvalue weighted by Gasteiger charge is 2.23. The highest BCUT2D eigenvalue weighted by atomic mass is 35.5. The smallest absolute Gasteiger partial charge is 0.264 e. The Kier molecular flexibility index (Phi) is 8.07. The van der Waals surface area contributed by atoms with E-state index in [1.165, 1.54) is 31.4 Å². The van der Waals surface area contributed by atoms with E-state index in [1.807, 2.05) is 0 Å². The van der Waals surface area contributed by atoms with Crippen molar-refractivity contribution >= 4 is 44.3 Å². The first kappa shape index (κ1) is 28.0. The first-order valence-corrected chi connectivity index (χ1v) is 14.7. The van der Waals surface area contributed by atoms with Gasteiger partial charge in [-0.1, -0.05) is 23.7 Å². The third kappa shape index (κ3) is 5.96. The minimum atomic E-state index is -3.99. The van der Waals surface area contributed by atoms with E-state index < -0.39 is 15.8 Å². The summed E-state index contributed by atoms with van der Waals surface area (Å²) in [6.07, 6.45) is 5.78. The fourth-order valence-corrected chi connectivity index (χ4v) is 6.50. The Hall–Kier alpha value is -3.54. The first-order chi connectivity index (χ1) is 19.1. The molecule has 0 bridgehead atoms. The number of nitrogens with zero attached hydrogens (tertiary/aromatic N) is 4. The number of ether oxygens (including phenoxy) is 1.